The lowest BCUT2D eigenvalue weighted by molar-refractivity contribution is -0.145. The van der Waals surface area contributed by atoms with Crippen molar-refractivity contribution in [3.63, 3.8) is 0 Å². The highest BCUT2D eigenvalue weighted by Crippen LogP contribution is 2.44. The van der Waals surface area contributed by atoms with Gasteiger partial charge in [-0.05, 0) is 52.3 Å². The minimum absolute atomic E-state index is 0.0951. The van der Waals surface area contributed by atoms with Gasteiger partial charge in [-0.3, -0.25) is 14.9 Å². The Bertz CT molecular complexity index is 1240. The summed E-state index contributed by atoms with van der Waals surface area (Å²) < 4.78 is 10.2. The molecule has 35 heavy (non-hydrogen) atoms. The Balaban J connectivity index is 1.27. The van der Waals surface area contributed by atoms with E-state index in [4.69, 9.17) is 9.37 Å². The Kier molecular flexibility index (Phi) is 5.94. The van der Waals surface area contributed by atoms with Crippen molar-refractivity contribution in [1.29, 1.82) is 0 Å². The minimum atomic E-state index is -0.953. The number of rotatable bonds is 5. The van der Waals surface area contributed by atoms with Crippen molar-refractivity contribution in [2.24, 2.45) is 5.92 Å². The molecule has 1 aliphatic carbocycles. The van der Waals surface area contributed by atoms with Gasteiger partial charge in [-0.15, -0.1) is 0 Å². The lowest BCUT2D eigenvalue weighted by Gasteiger charge is -2.36. The molecule has 2 aliphatic rings. The molecule has 0 spiro atoms. The van der Waals surface area contributed by atoms with Gasteiger partial charge in [0.1, 0.15) is 6.61 Å². The van der Waals surface area contributed by atoms with Crippen LogP contribution in [0.2, 0.25) is 0 Å². The Hall–Kier alpha value is -4.21. The fraction of sp³-hybridized carbons (Fsp3) is 0.320. The van der Waals surface area contributed by atoms with Crippen LogP contribution in [0.1, 0.15) is 47.3 Å². The highest BCUT2D eigenvalue weighted by atomic mass is 16.6. The van der Waals surface area contributed by atoms with Crippen molar-refractivity contribution in [1.82, 2.24) is 15.2 Å². The molecule has 0 radical (unpaired) electrons. The molecule has 10 heteroatoms. The number of carboxylic acids is 1. The Morgan fingerprint density at radius 3 is 2.40 bits per heavy atom. The summed E-state index contributed by atoms with van der Waals surface area (Å²) >= 11 is 0. The summed E-state index contributed by atoms with van der Waals surface area (Å²) in [6.07, 6.45) is 0.238. The van der Waals surface area contributed by atoms with E-state index in [1.54, 1.807) is 6.92 Å². The molecule has 1 aromatic heterocycles. The number of anilines is 1. The van der Waals surface area contributed by atoms with Crippen molar-refractivity contribution < 1.29 is 28.9 Å². The summed E-state index contributed by atoms with van der Waals surface area (Å²) in [6.45, 7) is 2.15. The van der Waals surface area contributed by atoms with Gasteiger partial charge >= 0.3 is 12.1 Å². The number of carboxylic acid groups (broad SMARTS) is 1. The molecule has 2 heterocycles. The molecule has 2 amide bonds. The molecule has 1 saturated heterocycles. The summed E-state index contributed by atoms with van der Waals surface area (Å²) in [4.78, 5) is 38.6. The van der Waals surface area contributed by atoms with Gasteiger partial charge in [0.2, 0.25) is 11.5 Å². The number of nitrogens with one attached hydrogen (secondary N) is 1. The van der Waals surface area contributed by atoms with Crippen molar-refractivity contribution in [3.05, 3.63) is 65.4 Å². The smallest absolute Gasteiger partial charge is 0.412 e. The largest absolute Gasteiger partial charge is 0.481 e. The molecule has 3 aromatic rings. The van der Waals surface area contributed by atoms with Gasteiger partial charge in [0, 0.05) is 18.5 Å². The molecule has 0 saturated carbocycles. The van der Waals surface area contributed by atoms with Crippen LogP contribution in [-0.4, -0.2) is 57.5 Å². The van der Waals surface area contributed by atoms with E-state index in [1.165, 1.54) is 4.90 Å². The van der Waals surface area contributed by atoms with Crippen LogP contribution in [0.15, 0.2) is 53.2 Å². The zero-order chi connectivity index (χ0) is 24.5. The van der Waals surface area contributed by atoms with Crippen molar-refractivity contribution in [3.8, 4) is 11.1 Å². The average molecular weight is 476 g/mol. The number of piperidine rings is 1. The summed E-state index contributed by atoms with van der Waals surface area (Å²) in [5, 5.41) is 19.2. The van der Waals surface area contributed by atoms with Gasteiger partial charge < -0.3 is 14.7 Å². The Labute approximate surface area is 200 Å². The van der Waals surface area contributed by atoms with Crippen LogP contribution in [0.25, 0.3) is 11.1 Å². The molecule has 180 valence electrons. The minimum Gasteiger partial charge on any atom is -0.481 e. The number of likely N-dealkylation sites (tertiary alicyclic amines) is 1. The lowest BCUT2D eigenvalue weighted by Crippen LogP contribution is -2.49. The predicted molar refractivity (Wildman–Crippen MR) is 124 cm³/mol. The third kappa shape index (κ3) is 4.11. The summed E-state index contributed by atoms with van der Waals surface area (Å²) in [5.74, 6) is -2.47. The molecule has 2 N–H and O–H groups in total. The topological polar surface area (TPSA) is 135 Å². The summed E-state index contributed by atoms with van der Waals surface area (Å²) in [6, 6.07) is 15.4. The van der Waals surface area contributed by atoms with E-state index in [2.05, 4.69) is 15.6 Å². The first-order valence-corrected chi connectivity index (χ1v) is 11.4. The molecule has 2 atom stereocenters. The molecule has 0 bridgehead atoms. The van der Waals surface area contributed by atoms with Crippen molar-refractivity contribution in [2.75, 3.05) is 18.5 Å². The van der Waals surface area contributed by atoms with Crippen LogP contribution in [0.4, 0.5) is 10.6 Å². The van der Waals surface area contributed by atoms with Gasteiger partial charge in [0.05, 0.1) is 5.92 Å². The van der Waals surface area contributed by atoms with Crippen LogP contribution >= 0.6 is 0 Å². The Morgan fingerprint density at radius 1 is 1.09 bits per heavy atom. The molecule has 10 nitrogen and oxygen atoms in total. The molecular weight excluding hydrogens is 452 g/mol. The van der Waals surface area contributed by atoms with E-state index >= 15 is 0 Å². The number of hydrogen-bond donors (Lipinski definition) is 2. The molecular formula is C25H24N4O6. The number of ether oxygens (including phenoxy) is 1. The number of amides is 2. The second kappa shape index (κ2) is 9.21. The van der Waals surface area contributed by atoms with Gasteiger partial charge in [-0.25, -0.2) is 9.42 Å². The van der Waals surface area contributed by atoms with E-state index in [-0.39, 0.29) is 24.0 Å². The number of fused-ring (bicyclic) bond motifs is 3. The van der Waals surface area contributed by atoms with Crippen LogP contribution in [0.3, 0.4) is 0 Å². The van der Waals surface area contributed by atoms with E-state index in [9.17, 15) is 19.5 Å². The first-order chi connectivity index (χ1) is 17.0. The number of carbonyl (C=O) groups excluding carboxylic acids is 2. The highest BCUT2D eigenvalue weighted by molar-refractivity contribution is 6.00. The normalized spacial score (nSPS) is 19.1. The number of hydrogen-bond acceptors (Lipinski definition) is 7. The van der Waals surface area contributed by atoms with E-state index in [0.29, 0.717) is 19.4 Å². The van der Waals surface area contributed by atoms with Crippen LogP contribution in [0.5, 0.6) is 0 Å². The molecule has 2 aromatic carbocycles. The fourth-order valence-electron chi connectivity index (χ4n) is 5.04. The van der Waals surface area contributed by atoms with E-state index in [1.807, 2.05) is 48.5 Å². The Morgan fingerprint density at radius 2 is 1.74 bits per heavy atom. The van der Waals surface area contributed by atoms with Gasteiger partial charge in [-0.1, -0.05) is 48.5 Å². The summed E-state index contributed by atoms with van der Waals surface area (Å²) in [7, 11) is 0. The van der Waals surface area contributed by atoms with Gasteiger partial charge in [-0.2, -0.15) is 0 Å². The lowest BCUT2D eigenvalue weighted by atomic mass is 9.90. The van der Waals surface area contributed by atoms with E-state index < -0.39 is 29.9 Å². The molecule has 1 fully saturated rings. The number of benzene rings is 2. The predicted octanol–water partition coefficient (Wildman–Crippen LogP) is 3.76. The number of aliphatic carboxylic acids is 1. The first-order valence-electron chi connectivity index (χ1n) is 11.4. The second-order valence-corrected chi connectivity index (χ2v) is 8.74. The number of aromatic nitrogens is 2. The fourth-order valence-corrected chi connectivity index (χ4v) is 5.04. The average Bonchev–Trinajstić information content (AvgIpc) is 3.44. The maximum absolute atomic E-state index is 13.1. The number of carbonyl (C=O) groups is 3. The van der Waals surface area contributed by atoms with Crippen molar-refractivity contribution in [2.45, 2.75) is 31.7 Å². The first kappa shape index (κ1) is 22.6. The van der Waals surface area contributed by atoms with Crippen LogP contribution < -0.4 is 5.32 Å². The maximum Gasteiger partial charge on any atom is 0.412 e. The van der Waals surface area contributed by atoms with Crippen molar-refractivity contribution >= 4 is 23.8 Å². The summed E-state index contributed by atoms with van der Waals surface area (Å²) in [5.41, 5.74) is 4.18. The number of nitrogens with zero attached hydrogens (tertiary/aromatic N) is 3. The van der Waals surface area contributed by atoms with Gasteiger partial charge in [0.15, 0.2) is 0 Å². The standard InChI is InChI=1S/C25H24N4O6/c1-14-15(24(31)32)11-6-12-29(14)23(30)21-22(28-35-27-21)26-25(33)34-13-20-18-9-4-2-7-16(18)17-8-3-5-10-19(17)20/h2-5,7-10,14-15,20H,6,11-13H2,1H3,(H,31,32)(H,26,28,33)/t14-,15-/m0/s1. The highest BCUT2D eigenvalue weighted by Gasteiger charge is 2.38. The third-order valence-corrected chi connectivity index (χ3v) is 6.82. The second-order valence-electron chi connectivity index (χ2n) is 8.74. The zero-order valence-corrected chi connectivity index (χ0v) is 19.0. The molecule has 0 unspecified atom stereocenters. The quantitative estimate of drug-likeness (QED) is 0.568. The van der Waals surface area contributed by atoms with Crippen LogP contribution in [0, 0.1) is 5.92 Å². The van der Waals surface area contributed by atoms with E-state index in [0.717, 1.165) is 22.3 Å². The monoisotopic (exact) mass is 476 g/mol. The van der Waals surface area contributed by atoms with Gasteiger partial charge in [0.25, 0.3) is 5.91 Å². The third-order valence-electron chi connectivity index (χ3n) is 6.82. The van der Waals surface area contributed by atoms with Crippen LogP contribution in [-0.2, 0) is 9.53 Å². The zero-order valence-electron chi connectivity index (χ0n) is 19.0. The molecule has 5 rings (SSSR count). The SMILES string of the molecule is C[C@H]1[C@@H](C(=O)O)CCCN1C(=O)c1nonc1NC(=O)OCC1c2ccccc2-c2ccccc21. The molecule has 1 aliphatic heterocycles. The maximum atomic E-state index is 13.1.